The van der Waals surface area contributed by atoms with Crippen molar-refractivity contribution in [3.05, 3.63) is 0 Å². The number of unbranched alkanes of at least 4 members (excludes halogenated alkanes) is 2. The minimum Gasteiger partial charge on any atom is -0.391 e. The number of ether oxygens (including phenoxy) is 14. The number of hydrogen-bond donors (Lipinski definition) is 8. The van der Waals surface area contributed by atoms with E-state index in [1.807, 2.05) is 0 Å². The van der Waals surface area contributed by atoms with Crippen molar-refractivity contribution in [2.24, 2.45) is 0 Å². The average Bonchev–Trinajstić information content (AvgIpc) is 2.83. The molecule has 30 nitrogen and oxygen atoms in total. The summed E-state index contributed by atoms with van der Waals surface area (Å²) in [6.07, 6.45) is 13.0. The first-order valence-corrected chi connectivity index (χ1v) is 33.4. The molecule has 32 heteroatoms. The van der Waals surface area contributed by atoms with Gasteiger partial charge in [0.1, 0.15) is 13.2 Å². The maximum Gasteiger partial charge on any atom is 0.321 e. The zero-order valence-electron chi connectivity index (χ0n) is 52.4. The van der Waals surface area contributed by atoms with Gasteiger partial charge in [-0.25, -0.2) is 0 Å². The summed E-state index contributed by atoms with van der Waals surface area (Å²) in [4.78, 5) is 94.8. The minimum atomic E-state index is -3.86. The molecular weight excluding hydrogens is 1230 g/mol. The Balaban J connectivity index is 2.17. The number of amides is 6. The molecule has 0 radical (unpaired) electrons. The molecule has 8 N–H and O–H groups in total. The lowest BCUT2D eigenvalue weighted by molar-refractivity contribution is -0.133. The Bertz CT molecular complexity index is 1910. The van der Waals surface area contributed by atoms with Gasteiger partial charge in [0, 0.05) is 71.2 Å². The highest BCUT2D eigenvalue weighted by molar-refractivity contribution is 8.06. The van der Waals surface area contributed by atoms with Gasteiger partial charge < -0.3 is 117 Å². The largest absolute Gasteiger partial charge is 0.391 e. The number of nitrogens with zero attached hydrogens (tertiary/aromatic N) is 1. The third-order valence-corrected chi connectivity index (χ3v) is 13.0. The van der Waals surface area contributed by atoms with Crippen LogP contribution >= 0.6 is 6.72 Å². The summed E-state index contributed by atoms with van der Waals surface area (Å²) in [5, 5.41) is 24.0. The Morgan fingerprint density at radius 2 is 0.800 bits per heavy atom. The van der Waals surface area contributed by atoms with Crippen LogP contribution in [0.25, 0.3) is 0 Å². The fourth-order valence-corrected chi connectivity index (χ4v) is 8.31. The van der Waals surface area contributed by atoms with Crippen LogP contribution in [-0.4, -0.2) is 298 Å². The Hall–Kier alpha value is -4.13. The fraction of sp³-hybridized carbons (Fsp3) is 0.828. The summed E-state index contributed by atoms with van der Waals surface area (Å²) in [6.45, 7) is 5.94. The molecule has 0 saturated carbocycles. The predicted molar refractivity (Wildman–Crippen MR) is 330 cm³/mol. The number of β-amino-alcohol motifs (C(OH)–C–C–N with tert-alkyl or cyclic N) is 1. The molecule has 1 fully saturated rings. The maximum absolute atomic E-state index is 12.9. The van der Waals surface area contributed by atoms with Crippen molar-refractivity contribution in [3.8, 4) is 24.7 Å². The molecule has 0 aromatic carbocycles. The van der Waals surface area contributed by atoms with Gasteiger partial charge in [0.2, 0.25) is 35.4 Å². The predicted octanol–water partition coefficient (Wildman–Crippen LogP) is -1.48. The third-order valence-electron chi connectivity index (χ3n) is 12.2. The zero-order chi connectivity index (χ0) is 65.6. The lowest BCUT2D eigenvalue weighted by Crippen LogP contribution is -2.42. The number of likely N-dealkylation sites (tertiary alicyclic amines) is 1. The summed E-state index contributed by atoms with van der Waals surface area (Å²) in [5.41, 5.74) is 0. The Kier molecular flexibility index (Phi) is 56.9. The molecule has 0 unspecified atom stereocenters. The van der Waals surface area contributed by atoms with Crippen molar-refractivity contribution in [1.29, 1.82) is 0 Å². The topological polar surface area (TPSA) is 365 Å². The summed E-state index contributed by atoms with van der Waals surface area (Å²) >= 11 is 4.47. The smallest absolute Gasteiger partial charge is 0.321 e. The summed E-state index contributed by atoms with van der Waals surface area (Å²) in [6, 6.07) is -1.05. The Labute approximate surface area is 535 Å². The first-order chi connectivity index (χ1) is 43.7. The molecule has 0 aromatic rings. The SMILES string of the molecule is C#CCOCCOCCOCCOCCNC(=O)CCOCC(COCCC(=O)NCCOCCOCCOCCOCC#C)NC(=O)CCOCCOCCOCCOCCNC(=O)CCCC(=O)NCCCCCC(=O)N1C[C@H](O)C[C@H]1COP(O)(O)=S. The lowest BCUT2D eigenvalue weighted by atomic mass is 10.1. The highest BCUT2D eigenvalue weighted by Gasteiger charge is 2.35. The van der Waals surface area contributed by atoms with E-state index in [0.717, 1.165) is 0 Å². The molecule has 0 spiro atoms. The van der Waals surface area contributed by atoms with E-state index in [4.69, 9.17) is 83.7 Å². The Morgan fingerprint density at radius 1 is 0.444 bits per heavy atom. The van der Waals surface area contributed by atoms with Crippen LogP contribution in [0.5, 0.6) is 0 Å². The van der Waals surface area contributed by atoms with Crippen LogP contribution in [-0.2, 0) is 111 Å². The highest BCUT2D eigenvalue weighted by atomic mass is 32.5. The van der Waals surface area contributed by atoms with Gasteiger partial charge in [-0.2, -0.15) is 0 Å². The number of carbonyl (C=O) groups is 6. The van der Waals surface area contributed by atoms with Crippen molar-refractivity contribution in [2.75, 3.05) is 224 Å². The third kappa shape index (κ3) is 56.6. The van der Waals surface area contributed by atoms with Crippen LogP contribution in [0.1, 0.15) is 70.6 Å². The molecule has 0 aliphatic carbocycles. The number of hydrogen-bond acceptors (Lipinski definition) is 23. The van der Waals surface area contributed by atoms with Crippen LogP contribution in [0.4, 0.5) is 0 Å². The molecule has 0 bridgehead atoms. The standard InChI is InChI=1S/C58H103N6O24PS/c1-3-19-74-27-33-80-39-42-83-37-31-78-25-17-61-55(68)12-22-86-47-50(48-87-23-13-56(69)62-18-26-79-32-38-84-43-40-81-34-28-75-20-4-2)63-57(70)14-21-76-29-35-82-41-44-85-36-30-77-24-16-60-54(67)10-8-9-53(66)59-15-7-5-6-11-58(71)64-46-52(65)45-51(64)49-88-89(72,73)90/h1-2,50-52,65H,5-49H2,(H,59,66)(H,60,67)(H,61,68)(H,62,69)(H,63,70)(H2,72,73,90)/t51-,52+/m0/s1. The monoisotopic (exact) mass is 1330 g/mol. The van der Waals surface area contributed by atoms with E-state index >= 15 is 0 Å². The molecule has 1 rings (SSSR count). The molecule has 1 heterocycles. The van der Waals surface area contributed by atoms with Gasteiger partial charge in [-0.1, -0.05) is 18.3 Å². The maximum atomic E-state index is 12.9. The summed E-state index contributed by atoms with van der Waals surface area (Å²) in [7, 11) is 0. The van der Waals surface area contributed by atoms with Gasteiger partial charge in [0.05, 0.1) is 197 Å². The number of aliphatic hydroxyl groups is 1. The highest BCUT2D eigenvalue weighted by Crippen LogP contribution is 2.37. The van der Waals surface area contributed by atoms with Crippen LogP contribution in [0, 0.1) is 24.7 Å². The van der Waals surface area contributed by atoms with E-state index in [2.05, 4.69) is 50.2 Å². The average molecular weight is 1330 g/mol. The van der Waals surface area contributed by atoms with Crippen LogP contribution in [0.15, 0.2) is 0 Å². The van der Waals surface area contributed by atoms with Crippen molar-refractivity contribution >= 4 is 54.0 Å². The van der Waals surface area contributed by atoms with Gasteiger partial charge in [0.15, 0.2) is 0 Å². The Morgan fingerprint density at radius 3 is 1.21 bits per heavy atom. The van der Waals surface area contributed by atoms with E-state index < -0.39 is 24.9 Å². The molecule has 2 atom stereocenters. The fourth-order valence-electron chi connectivity index (χ4n) is 7.76. The molecular formula is C58H103N6O24PS. The molecule has 6 amide bonds. The molecule has 1 saturated heterocycles. The quantitative estimate of drug-likeness (QED) is 0.0196. The van der Waals surface area contributed by atoms with Gasteiger partial charge in [-0.15, -0.1) is 12.8 Å². The molecule has 90 heavy (non-hydrogen) atoms. The van der Waals surface area contributed by atoms with Crippen LogP contribution < -0.4 is 26.6 Å². The molecule has 520 valence electrons. The first-order valence-electron chi connectivity index (χ1n) is 30.7. The van der Waals surface area contributed by atoms with E-state index in [9.17, 15) is 43.7 Å². The normalized spacial score (nSPS) is 13.9. The first kappa shape index (κ1) is 83.9. The second-order valence-corrected chi connectivity index (χ2v) is 22.4. The van der Waals surface area contributed by atoms with Crippen molar-refractivity contribution in [2.45, 2.75) is 88.8 Å². The number of terminal acetylenes is 2. The molecule has 0 aromatic heterocycles. The van der Waals surface area contributed by atoms with E-state index in [1.165, 1.54) is 4.90 Å². The van der Waals surface area contributed by atoms with E-state index in [1.54, 1.807) is 0 Å². The summed E-state index contributed by atoms with van der Waals surface area (Å²) < 4.78 is 81.4. The van der Waals surface area contributed by atoms with Gasteiger partial charge >= 0.3 is 6.72 Å². The van der Waals surface area contributed by atoms with Crippen LogP contribution in [0.2, 0.25) is 0 Å². The number of aliphatic hydroxyl groups excluding tert-OH is 1. The minimum absolute atomic E-state index is 0.0502. The molecule has 1 aliphatic rings. The number of rotatable bonds is 65. The van der Waals surface area contributed by atoms with E-state index in [-0.39, 0.29) is 160 Å². The zero-order valence-corrected chi connectivity index (χ0v) is 54.1. The number of nitrogens with one attached hydrogen (secondary N) is 5. The second kappa shape index (κ2) is 61.1. The van der Waals surface area contributed by atoms with Crippen molar-refractivity contribution in [3.63, 3.8) is 0 Å². The van der Waals surface area contributed by atoms with Crippen LogP contribution in [0.3, 0.4) is 0 Å². The van der Waals surface area contributed by atoms with Gasteiger partial charge in [-0.3, -0.25) is 28.8 Å². The number of carbonyl (C=O) groups excluding carboxylic acids is 6. The molecule has 1 aliphatic heterocycles. The van der Waals surface area contributed by atoms with E-state index in [0.29, 0.717) is 171 Å². The van der Waals surface area contributed by atoms with Gasteiger partial charge in [-0.05, 0) is 37.5 Å². The van der Waals surface area contributed by atoms with Crippen molar-refractivity contribution < 1.29 is 115 Å². The lowest BCUT2D eigenvalue weighted by Gasteiger charge is -2.25. The van der Waals surface area contributed by atoms with Crippen molar-refractivity contribution in [1.82, 2.24) is 31.5 Å². The summed E-state index contributed by atoms with van der Waals surface area (Å²) in [5.74, 6) is 3.47. The second-order valence-electron chi connectivity index (χ2n) is 19.7. The van der Waals surface area contributed by atoms with Gasteiger partial charge in [0.25, 0.3) is 0 Å².